The zero-order valence-corrected chi connectivity index (χ0v) is 14.3. The van der Waals surface area contributed by atoms with Gasteiger partial charge < -0.3 is 0 Å². The van der Waals surface area contributed by atoms with E-state index in [1.807, 2.05) is 0 Å². The van der Waals surface area contributed by atoms with Crippen molar-refractivity contribution in [2.75, 3.05) is 11.5 Å². The molecule has 0 atom stereocenters. The second kappa shape index (κ2) is 6.66. The van der Waals surface area contributed by atoms with Gasteiger partial charge in [-0.2, -0.15) is 0 Å². The molecule has 1 heterocycles. The molecule has 0 radical (unpaired) electrons. The highest BCUT2D eigenvalue weighted by molar-refractivity contribution is 7.97. The minimum atomic E-state index is 0.504. The van der Waals surface area contributed by atoms with Gasteiger partial charge in [0, 0.05) is 16.3 Å². The van der Waals surface area contributed by atoms with Gasteiger partial charge in [0.25, 0.3) is 0 Å². The minimum absolute atomic E-state index is 0.504. The van der Waals surface area contributed by atoms with E-state index >= 15 is 0 Å². The zero-order valence-electron chi connectivity index (χ0n) is 13.5. The lowest BCUT2D eigenvalue weighted by atomic mass is 9.82. The molecule has 2 aliphatic rings. The first-order chi connectivity index (χ1) is 10.9. The molecule has 2 aromatic carbocycles. The van der Waals surface area contributed by atoms with Crippen LogP contribution >= 0.6 is 0 Å². The summed E-state index contributed by atoms with van der Waals surface area (Å²) in [4.78, 5) is 1.66. The predicted octanol–water partition coefficient (Wildman–Crippen LogP) is 6.05. The van der Waals surface area contributed by atoms with Gasteiger partial charge in [-0.05, 0) is 61.1 Å². The van der Waals surface area contributed by atoms with Crippen LogP contribution in [0.15, 0.2) is 41.3 Å². The van der Waals surface area contributed by atoms with E-state index in [2.05, 4.69) is 36.4 Å². The normalized spacial score (nSPS) is 21.3. The highest BCUT2D eigenvalue weighted by Gasteiger charge is 2.28. The van der Waals surface area contributed by atoms with Crippen LogP contribution in [-0.4, -0.2) is 11.5 Å². The Kier molecular flexibility index (Phi) is 4.43. The van der Waals surface area contributed by atoms with Gasteiger partial charge in [0.05, 0.1) is 0 Å². The molecule has 2 fully saturated rings. The summed E-state index contributed by atoms with van der Waals surface area (Å²) in [6, 6.07) is 14.2. The largest absolute Gasteiger partial charge is 0.162 e. The van der Waals surface area contributed by atoms with Crippen molar-refractivity contribution in [1.29, 1.82) is 0 Å². The van der Waals surface area contributed by atoms with Crippen molar-refractivity contribution in [2.45, 2.75) is 62.2 Å². The van der Waals surface area contributed by atoms with Crippen molar-refractivity contribution in [2.24, 2.45) is 0 Å². The molecule has 0 aromatic heterocycles. The van der Waals surface area contributed by atoms with Crippen LogP contribution < -0.4 is 0 Å². The Balaban J connectivity index is 1.77. The molecule has 1 aliphatic heterocycles. The molecule has 1 saturated carbocycles. The minimum Gasteiger partial charge on any atom is -0.0616 e. The third kappa shape index (κ3) is 2.80. The standard InChI is InChI=1S/C21H27S/c1-3-9-17(10-4-1)18-13-14-21(22-15-7-2-8-16-22)20-12-6-5-11-19(18)20/h5-6,11-14,17H,1-4,7-10,15-16H2/q+1. The maximum Gasteiger partial charge on any atom is 0.162 e. The summed E-state index contributed by atoms with van der Waals surface area (Å²) in [5.74, 6) is 3.65. The Bertz CT molecular complexity index is 577. The third-order valence-electron chi connectivity index (χ3n) is 5.56. The second-order valence-electron chi connectivity index (χ2n) is 7.00. The van der Waals surface area contributed by atoms with E-state index in [4.69, 9.17) is 0 Å². The van der Waals surface area contributed by atoms with E-state index in [0.29, 0.717) is 10.9 Å². The van der Waals surface area contributed by atoms with E-state index in [1.54, 1.807) is 21.2 Å². The first-order valence-corrected chi connectivity index (χ1v) is 10.7. The van der Waals surface area contributed by atoms with E-state index < -0.39 is 0 Å². The molecular formula is C21H27S+. The molecule has 22 heavy (non-hydrogen) atoms. The van der Waals surface area contributed by atoms with Crippen molar-refractivity contribution in [1.82, 2.24) is 0 Å². The fraction of sp³-hybridized carbons (Fsp3) is 0.524. The van der Waals surface area contributed by atoms with Crippen LogP contribution in [-0.2, 0) is 10.9 Å². The Morgan fingerprint density at radius 3 is 2.14 bits per heavy atom. The van der Waals surface area contributed by atoms with Crippen LogP contribution in [0.3, 0.4) is 0 Å². The van der Waals surface area contributed by atoms with Gasteiger partial charge >= 0.3 is 0 Å². The van der Waals surface area contributed by atoms with Gasteiger partial charge in [0.15, 0.2) is 4.90 Å². The molecule has 1 saturated heterocycles. The first kappa shape index (κ1) is 14.6. The van der Waals surface area contributed by atoms with E-state index in [9.17, 15) is 0 Å². The molecule has 0 nitrogen and oxygen atoms in total. The SMILES string of the molecule is c1ccc2c([S+]3CCCCC3)ccc(C3CCCCC3)c2c1. The zero-order chi connectivity index (χ0) is 14.8. The quantitative estimate of drug-likeness (QED) is 0.592. The van der Waals surface area contributed by atoms with Crippen LogP contribution in [0.25, 0.3) is 10.8 Å². The lowest BCUT2D eigenvalue weighted by Crippen LogP contribution is -2.18. The molecule has 1 heteroatoms. The van der Waals surface area contributed by atoms with Crippen LogP contribution in [0.2, 0.25) is 0 Å². The summed E-state index contributed by atoms with van der Waals surface area (Å²) in [7, 11) is 0.504. The summed E-state index contributed by atoms with van der Waals surface area (Å²) >= 11 is 0. The summed E-state index contributed by atoms with van der Waals surface area (Å²) < 4.78 is 0. The van der Waals surface area contributed by atoms with Crippen LogP contribution in [0.4, 0.5) is 0 Å². The average molecular weight is 312 g/mol. The molecule has 0 amide bonds. The van der Waals surface area contributed by atoms with Gasteiger partial charge in [-0.1, -0.05) is 43.5 Å². The number of hydrogen-bond donors (Lipinski definition) is 0. The third-order valence-corrected chi connectivity index (χ3v) is 8.10. The number of fused-ring (bicyclic) bond motifs is 1. The van der Waals surface area contributed by atoms with Crippen molar-refractivity contribution in [3.05, 3.63) is 42.0 Å². The number of hydrogen-bond acceptors (Lipinski definition) is 0. The predicted molar refractivity (Wildman–Crippen MR) is 99.0 cm³/mol. The fourth-order valence-electron chi connectivity index (χ4n) is 4.37. The smallest absolute Gasteiger partial charge is 0.0616 e. The summed E-state index contributed by atoms with van der Waals surface area (Å²) in [6.07, 6.45) is 11.4. The van der Waals surface area contributed by atoms with E-state index in [1.165, 1.54) is 62.9 Å². The van der Waals surface area contributed by atoms with Gasteiger partial charge in [-0.15, -0.1) is 0 Å². The Morgan fingerprint density at radius 1 is 0.682 bits per heavy atom. The molecule has 2 aromatic rings. The molecule has 0 bridgehead atoms. The van der Waals surface area contributed by atoms with Crippen LogP contribution in [0.1, 0.15) is 62.8 Å². The van der Waals surface area contributed by atoms with Crippen molar-refractivity contribution in [3.63, 3.8) is 0 Å². The number of benzene rings is 2. The molecular weight excluding hydrogens is 284 g/mol. The Morgan fingerprint density at radius 2 is 1.36 bits per heavy atom. The monoisotopic (exact) mass is 311 g/mol. The highest BCUT2D eigenvalue weighted by Crippen LogP contribution is 2.39. The Labute approximate surface area is 137 Å². The maximum atomic E-state index is 2.50. The van der Waals surface area contributed by atoms with Crippen LogP contribution in [0.5, 0.6) is 0 Å². The lowest BCUT2D eigenvalue weighted by Gasteiger charge is -2.24. The highest BCUT2D eigenvalue weighted by atomic mass is 32.2. The van der Waals surface area contributed by atoms with E-state index in [0.717, 1.165) is 5.92 Å². The molecule has 116 valence electrons. The average Bonchev–Trinajstić information content (AvgIpc) is 2.62. The number of rotatable bonds is 2. The molecule has 0 spiro atoms. The maximum absolute atomic E-state index is 2.50. The van der Waals surface area contributed by atoms with E-state index in [-0.39, 0.29) is 0 Å². The van der Waals surface area contributed by atoms with Gasteiger partial charge in [-0.25, -0.2) is 0 Å². The second-order valence-corrected chi connectivity index (χ2v) is 9.24. The lowest BCUT2D eigenvalue weighted by molar-refractivity contribution is 0.445. The topological polar surface area (TPSA) is 0 Å². The molecule has 0 unspecified atom stereocenters. The van der Waals surface area contributed by atoms with Crippen LogP contribution in [0, 0.1) is 0 Å². The summed E-state index contributed by atoms with van der Waals surface area (Å²) in [5, 5.41) is 3.13. The molecule has 1 aliphatic carbocycles. The first-order valence-electron chi connectivity index (χ1n) is 9.12. The summed E-state index contributed by atoms with van der Waals surface area (Å²) in [6.45, 7) is 0. The van der Waals surface area contributed by atoms with Crippen molar-refractivity contribution < 1.29 is 0 Å². The van der Waals surface area contributed by atoms with Gasteiger partial charge in [0.1, 0.15) is 11.5 Å². The fourth-order valence-corrected chi connectivity index (χ4v) is 6.87. The molecule has 4 rings (SSSR count). The van der Waals surface area contributed by atoms with Crippen molar-refractivity contribution in [3.8, 4) is 0 Å². The van der Waals surface area contributed by atoms with Gasteiger partial charge in [-0.3, -0.25) is 0 Å². The Hall–Kier alpha value is -0.950. The molecule has 0 N–H and O–H groups in total. The van der Waals surface area contributed by atoms with Crippen molar-refractivity contribution >= 4 is 21.7 Å². The van der Waals surface area contributed by atoms with Gasteiger partial charge in [0.2, 0.25) is 0 Å². The summed E-state index contributed by atoms with van der Waals surface area (Å²) in [5.41, 5.74) is 1.64.